The molecule has 1 saturated carbocycles. The smallest absolute Gasteiger partial charge is 0.323 e. The van der Waals surface area contributed by atoms with Crippen LogP contribution in [0.5, 0.6) is 5.88 Å². The molecule has 306 valence electrons. The molecule has 5 heterocycles. The van der Waals surface area contributed by atoms with Crippen molar-refractivity contribution in [3.8, 4) is 5.88 Å². The maximum absolute atomic E-state index is 13.1. The van der Waals surface area contributed by atoms with Gasteiger partial charge in [-0.15, -0.1) is 0 Å². The van der Waals surface area contributed by atoms with Crippen molar-refractivity contribution in [2.75, 3.05) is 42.6 Å². The number of fused-ring (bicyclic) bond motifs is 2. The number of rotatable bonds is 16. The number of imidazole rings is 1. The summed E-state index contributed by atoms with van der Waals surface area (Å²) in [6.45, 7) is 3.47. The van der Waals surface area contributed by atoms with Gasteiger partial charge in [0.2, 0.25) is 29.5 Å². The summed E-state index contributed by atoms with van der Waals surface area (Å²) in [4.78, 5) is 64.9. The SMILES string of the molecule is CC(=O)N1CC[C@@H](NC(=O)[C@@H](N)CCCn2c(N)nc3cc(CCC(=O)NCCOc4ncc(Cl)cc4NC(=O)Nc4cnc5cc(Cl)nn5c4C4CC4)ccc32)C1. The fraction of sp³-hybridized carbons (Fsp3) is 0.421. The van der Waals surface area contributed by atoms with E-state index in [1.54, 1.807) is 21.7 Å². The van der Waals surface area contributed by atoms with Crippen LogP contribution in [-0.4, -0.2) is 96.1 Å². The molecule has 0 unspecified atom stereocenters. The second-order valence-corrected chi connectivity index (χ2v) is 15.3. The quantitative estimate of drug-likeness (QED) is 0.0780. The molecule has 5 amide bonds. The molecule has 1 aliphatic carbocycles. The van der Waals surface area contributed by atoms with Crippen molar-refractivity contribution in [1.82, 2.24) is 44.7 Å². The number of urea groups is 1. The second-order valence-electron chi connectivity index (χ2n) is 14.5. The number of halogens is 2. The molecule has 8 N–H and O–H groups in total. The summed E-state index contributed by atoms with van der Waals surface area (Å²) < 4.78 is 9.35. The Morgan fingerprint density at radius 2 is 1.84 bits per heavy atom. The Morgan fingerprint density at radius 1 is 1.03 bits per heavy atom. The number of aryl methyl sites for hydroxylation is 2. The van der Waals surface area contributed by atoms with Crippen LogP contribution in [0.3, 0.4) is 0 Å². The van der Waals surface area contributed by atoms with Gasteiger partial charge in [-0.25, -0.2) is 24.3 Å². The first-order valence-corrected chi connectivity index (χ1v) is 19.9. The van der Waals surface area contributed by atoms with Crippen LogP contribution in [0, 0.1) is 0 Å². The van der Waals surface area contributed by atoms with Gasteiger partial charge in [0.15, 0.2) is 10.8 Å². The van der Waals surface area contributed by atoms with Crippen LogP contribution in [-0.2, 0) is 27.3 Å². The molecule has 1 aromatic carbocycles. The van der Waals surface area contributed by atoms with E-state index in [-0.39, 0.29) is 60.8 Å². The highest BCUT2D eigenvalue weighted by molar-refractivity contribution is 6.31. The average Bonchev–Trinajstić information content (AvgIpc) is 3.64. The average molecular weight is 835 g/mol. The van der Waals surface area contributed by atoms with Crippen LogP contribution in [0.1, 0.15) is 62.6 Å². The summed E-state index contributed by atoms with van der Waals surface area (Å²) in [6.07, 6.45) is 7.40. The Morgan fingerprint density at radius 3 is 2.62 bits per heavy atom. The zero-order chi connectivity index (χ0) is 40.9. The molecule has 58 heavy (non-hydrogen) atoms. The standard InChI is InChI=1S/C38H45Cl2N13O5/c1-21(54)51-13-10-25(20-51)46-35(56)26(41)3-2-12-52-30-8-4-22(15-27(30)47-37(52)42)5-9-33(55)43-11-14-58-36-28(16-24(39)18-45-36)48-38(57)49-29-19-44-32-17-31(40)50-53(32)34(29)23-6-7-23/h4,8,15-19,23,25-26H,2-3,5-7,9-14,20,41H2,1H3,(H2,42,47)(H,43,55)(H,46,56)(H2,48,49,57)/t25-,26+/m1/s1. The normalized spacial score (nSPS) is 15.7. The molecule has 2 aliphatic rings. The molecule has 0 bridgehead atoms. The maximum Gasteiger partial charge on any atom is 0.323 e. The number of aromatic nitrogens is 6. The van der Waals surface area contributed by atoms with E-state index in [1.807, 2.05) is 22.8 Å². The van der Waals surface area contributed by atoms with Gasteiger partial charge in [0, 0.05) is 57.2 Å². The Kier molecular flexibility index (Phi) is 12.4. The highest BCUT2D eigenvalue weighted by atomic mass is 35.5. The molecule has 20 heteroatoms. The number of carbonyl (C=O) groups excluding carboxylic acids is 4. The number of carbonyl (C=O) groups is 4. The van der Waals surface area contributed by atoms with Crippen LogP contribution in [0.4, 0.5) is 22.1 Å². The van der Waals surface area contributed by atoms with E-state index in [9.17, 15) is 19.2 Å². The Hall–Kier alpha value is -5.72. The predicted octanol–water partition coefficient (Wildman–Crippen LogP) is 3.86. The van der Waals surface area contributed by atoms with Crippen molar-refractivity contribution in [1.29, 1.82) is 0 Å². The van der Waals surface area contributed by atoms with Gasteiger partial charge in [0.1, 0.15) is 12.3 Å². The Labute approximate surface area is 343 Å². The summed E-state index contributed by atoms with van der Waals surface area (Å²) >= 11 is 12.3. The second kappa shape index (κ2) is 17.8. The number of pyridine rings is 1. The summed E-state index contributed by atoms with van der Waals surface area (Å²) in [5, 5.41) is 16.3. The van der Waals surface area contributed by atoms with Gasteiger partial charge in [0.05, 0.1) is 46.2 Å². The Balaban J connectivity index is 0.843. The molecule has 18 nitrogen and oxygen atoms in total. The largest absolute Gasteiger partial charge is 0.474 e. The number of amides is 5. The van der Waals surface area contributed by atoms with Gasteiger partial charge in [-0.3, -0.25) is 14.4 Å². The minimum atomic E-state index is -0.677. The molecule has 0 spiro atoms. The highest BCUT2D eigenvalue weighted by Crippen LogP contribution is 2.43. The van der Waals surface area contributed by atoms with Gasteiger partial charge >= 0.3 is 6.03 Å². The van der Waals surface area contributed by atoms with E-state index in [1.165, 1.54) is 19.2 Å². The fourth-order valence-electron chi connectivity index (χ4n) is 7.02. The van der Waals surface area contributed by atoms with Gasteiger partial charge in [0.25, 0.3) is 0 Å². The minimum Gasteiger partial charge on any atom is -0.474 e. The number of nitrogens with one attached hydrogen (secondary N) is 4. The summed E-state index contributed by atoms with van der Waals surface area (Å²) in [5.74, 6) is 0.314. The van der Waals surface area contributed by atoms with Crippen molar-refractivity contribution in [3.63, 3.8) is 0 Å². The van der Waals surface area contributed by atoms with E-state index in [4.69, 9.17) is 39.4 Å². The molecule has 5 aromatic rings. The van der Waals surface area contributed by atoms with Crippen molar-refractivity contribution >= 4 is 81.0 Å². The molecule has 2 fully saturated rings. The third-order valence-corrected chi connectivity index (χ3v) is 10.5. The van der Waals surface area contributed by atoms with E-state index in [0.717, 1.165) is 29.6 Å². The van der Waals surface area contributed by atoms with Crippen molar-refractivity contribution in [2.45, 2.75) is 76.4 Å². The number of ether oxygens (including phenoxy) is 1. The van der Waals surface area contributed by atoms with Crippen molar-refractivity contribution in [2.24, 2.45) is 5.73 Å². The number of anilines is 3. The number of hydrogen-bond acceptors (Lipinski definition) is 11. The first-order valence-electron chi connectivity index (χ1n) is 19.1. The van der Waals surface area contributed by atoms with Gasteiger partial charge in [-0.1, -0.05) is 29.3 Å². The molecular weight excluding hydrogens is 789 g/mol. The number of likely N-dealkylation sites (tertiary alicyclic amines) is 1. The number of hydrogen-bond donors (Lipinski definition) is 6. The van der Waals surface area contributed by atoms with E-state index in [0.29, 0.717) is 78.3 Å². The van der Waals surface area contributed by atoms with Crippen LogP contribution in [0.25, 0.3) is 16.7 Å². The first kappa shape index (κ1) is 40.5. The van der Waals surface area contributed by atoms with Gasteiger partial charge < -0.3 is 46.9 Å². The third kappa shape index (κ3) is 9.86. The van der Waals surface area contributed by atoms with Gasteiger partial charge in [-0.2, -0.15) is 5.10 Å². The monoisotopic (exact) mass is 833 g/mol. The fourth-order valence-corrected chi connectivity index (χ4v) is 7.35. The van der Waals surface area contributed by atoms with Crippen LogP contribution < -0.4 is 37.5 Å². The molecule has 4 aromatic heterocycles. The molecule has 0 radical (unpaired) electrons. The summed E-state index contributed by atoms with van der Waals surface area (Å²) in [7, 11) is 0. The summed E-state index contributed by atoms with van der Waals surface area (Å²) in [5.41, 5.74) is 17.1. The molecular formula is C38H45Cl2N13O5. The first-order chi connectivity index (χ1) is 27.9. The lowest BCUT2D eigenvalue weighted by atomic mass is 10.1. The van der Waals surface area contributed by atoms with Crippen LogP contribution in [0.2, 0.25) is 10.2 Å². The van der Waals surface area contributed by atoms with E-state index in [2.05, 4.69) is 41.3 Å². The lowest BCUT2D eigenvalue weighted by molar-refractivity contribution is -0.128. The van der Waals surface area contributed by atoms with Crippen LogP contribution >= 0.6 is 23.2 Å². The third-order valence-electron chi connectivity index (χ3n) is 10.1. The predicted molar refractivity (Wildman–Crippen MR) is 219 cm³/mol. The zero-order valence-corrected chi connectivity index (χ0v) is 33.4. The number of benzene rings is 1. The molecule has 2 atom stereocenters. The topological polar surface area (TPSA) is 242 Å². The molecule has 1 aliphatic heterocycles. The van der Waals surface area contributed by atoms with Crippen LogP contribution in [0.15, 0.2) is 42.7 Å². The Bertz CT molecular complexity index is 2350. The number of nitrogens with zero attached hydrogens (tertiary/aromatic N) is 7. The van der Waals surface area contributed by atoms with E-state index >= 15 is 0 Å². The highest BCUT2D eigenvalue weighted by Gasteiger charge is 2.31. The summed E-state index contributed by atoms with van der Waals surface area (Å²) in [6, 6.07) is 7.64. The molecule has 7 rings (SSSR count). The lowest BCUT2D eigenvalue weighted by Crippen LogP contribution is -2.46. The van der Waals surface area contributed by atoms with E-state index < -0.39 is 12.1 Å². The maximum atomic E-state index is 13.1. The lowest BCUT2D eigenvalue weighted by Gasteiger charge is -2.18. The minimum absolute atomic E-state index is 0.00124. The number of nitrogens with two attached hydrogens (primary N) is 2. The number of nitrogen functional groups attached to an aromatic ring is 1. The van der Waals surface area contributed by atoms with Crippen molar-refractivity contribution < 1.29 is 23.9 Å². The van der Waals surface area contributed by atoms with Crippen molar-refractivity contribution in [3.05, 3.63) is 64.2 Å². The molecule has 1 saturated heterocycles. The van der Waals surface area contributed by atoms with Gasteiger partial charge in [-0.05, 0) is 62.3 Å². The zero-order valence-electron chi connectivity index (χ0n) is 31.8.